The van der Waals surface area contributed by atoms with E-state index in [0.717, 1.165) is 18.4 Å². The molecule has 0 aliphatic carbocycles. The predicted octanol–water partition coefficient (Wildman–Crippen LogP) is 1.30. The summed E-state index contributed by atoms with van der Waals surface area (Å²) in [5.41, 5.74) is 10.4. The Hall–Kier alpha value is -2.43. The van der Waals surface area contributed by atoms with Crippen LogP contribution >= 0.6 is 11.6 Å². The number of nitrogens with zero attached hydrogens (tertiary/aromatic N) is 1. The van der Waals surface area contributed by atoms with Crippen molar-refractivity contribution in [2.75, 3.05) is 6.26 Å². The molecule has 0 bridgehead atoms. The Morgan fingerprint density at radius 2 is 1.59 bits per heavy atom. The van der Waals surface area contributed by atoms with Gasteiger partial charge in [-0.05, 0) is 36.8 Å². The number of aryl methyl sites for hydroxylation is 1. The first-order valence-corrected chi connectivity index (χ1v) is 11.1. The fourth-order valence-electron chi connectivity index (χ4n) is 2.35. The number of hydrogen-bond donors (Lipinski definition) is 2. The maximum Gasteiger partial charge on any atom is 0.280 e. The average molecular weight is 430 g/mol. The highest BCUT2D eigenvalue weighted by atomic mass is 35.5. The van der Waals surface area contributed by atoms with E-state index in [2.05, 4.69) is 4.99 Å². The molecule has 0 radical (unpaired) electrons. The molecule has 2 aromatic rings. The largest absolute Gasteiger partial charge is 0.370 e. The molecule has 0 fully saturated rings. The third-order valence-electron chi connectivity index (χ3n) is 3.57. The second-order valence-corrected chi connectivity index (χ2v) is 9.94. The molecular formula is C16H16ClN3O5S2. The van der Waals surface area contributed by atoms with E-state index < -0.39 is 41.3 Å². The smallest absolute Gasteiger partial charge is 0.280 e. The van der Waals surface area contributed by atoms with Gasteiger partial charge in [0.15, 0.2) is 15.8 Å². The number of benzene rings is 2. The van der Waals surface area contributed by atoms with Crippen LogP contribution in [0.25, 0.3) is 0 Å². The molecule has 0 saturated heterocycles. The Balaban J connectivity index is 2.86. The van der Waals surface area contributed by atoms with Crippen LogP contribution in [0.3, 0.4) is 0 Å². The maximum absolute atomic E-state index is 13.0. The molecule has 1 amide bonds. The summed E-state index contributed by atoms with van der Waals surface area (Å²) >= 11 is 5.98. The van der Waals surface area contributed by atoms with Crippen LogP contribution in [-0.2, 0) is 19.7 Å². The van der Waals surface area contributed by atoms with Crippen LogP contribution in [0.15, 0.2) is 56.1 Å². The van der Waals surface area contributed by atoms with Crippen LogP contribution in [0.4, 0.5) is 0 Å². The molecule has 0 atom stereocenters. The van der Waals surface area contributed by atoms with E-state index in [0.29, 0.717) is 0 Å². The maximum atomic E-state index is 13.0. The second kappa shape index (κ2) is 7.29. The van der Waals surface area contributed by atoms with Gasteiger partial charge in [-0.25, -0.2) is 16.8 Å². The quantitative estimate of drug-likeness (QED) is 0.549. The zero-order chi connectivity index (χ0) is 20.6. The van der Waals surface area contributed by atoms with E-state index >= 15 is 0 Å². The number of hydrogen-bond acceptors (Lipinski definition) is 5. The summed E-state index contributed by atoms with van der Waals surface area (Å²) in [7, 11) is -8.30. The molecule has 0 aromatic heterocycles. The lowest BCUT2D eigenvalue weighted by Crippen LogP contribution is -2.24. The zero-order valence-corrected chi connectivity index (χ0v) is 16.7. The van der Waals surface area contributed by atoms with Gasteiger partial charge in [0.1, 0.15) is 0 Å². The van der Waals surface area contributed by atoms with Crippen molar-refractivity contribution in [3.05, 3.63) is 52.5 Å². The number of sulfone groups is 2. The van der Waals surface area contributed by atoms with Crippen molar-refractivity contribution in [2.45, 2.75) is 21.6 Å². The normalized spacial score (nSPS) is 11.8. The van der Waals surface area contributed by atoms with Crippen LogP contribution in [0.5, 0.6) is 0 Å². The molecule has 27 heavy (non-hydrogen) atoms. The average Bonchev–Trinajstić information content (AvgIpc) is 2.52. The molecule has 0 aliphatic rings. The van der Waals surface area contributed by atoms with Crippen molar-refractivity contribution < 1.29 is 21.6 Å². The molecule has 2 rings (SSSR count). The Labute approximate surface area is 161 Å². The highest BCUT2D eigenvalue weighted by Gasteiger charge is 2.29. The van der Waals surface area contributed by atoms with E-state index in [1.54, 1.807) is 6.07 Å². The van der Waals surface area contributed by atoms with Crippen molar-refractivity contribution in [2.24, 2.45) is 16.5 Å². The summed E-state index contributed by atoms with van der Waals surface area (Å²) in [4.78, 5) is 14.2. The van der Waals surface area contributed by atoms with Crippen LogP contribution in [0.2, 0.25) is 5.02 Å². The van der Waals surface area contributed by atoms with Crippen molar-refractivity contribution in [1.82, 2.24) is 0 Å². The van der Waals surface area contributed by atoms with Gasteiger partial charge < -0.3 is 11.5 Å². The van der Waals surface area contributed by atoms with Gasteiger partial charge in [0, 0.05) is 11.8 Å². The molecule has 0 saturated carbocycles. The molecule has 0 unspecified atom stereocenters. The van der Waals surface area contributed by atoms with E-state index in [9.17, 15) is 21.6 Å². The summed E-state index contributed by atoms with van der Waals surface area (Å²) in [6.45, 7) is 1.44. The second-order valence-electron chi connectivity index (χ2n) is 5.66. The highest BCUT2D eigenvalue weighted by Crippen LogP contribution is 2.33. The van der Waals surface area contributed by atoms with Gasteiger partial charge in [0.05, 0.1) is 19.7 Å². The van der Waals surface area contributed by atoms with Crippen LogP contribution in [0.1, 0.15) is 15.9 Å². The van der Waals surface area contributed by atoms with Crippen LogP contribution < -0.4 is 11.5 Å². The molecule has 0 spiro atoms. The highest BCUT2D eigenvalue weighted by molar-refractivity contribution is 7.94. The zero-order valence-electron chi connectivity index (χ0n) is 14.3. The summed E-state index contributed by atoms with van der Waals surface area (Å²) in [6.07, 6.45) is 0.831. The topological polar surface area (TPSA) is 150 Å². The number of carbonyl (C=O) groups is 1. The molecule has 144 valence electrons. The number of halogens is 1. The molecule has 8 nitrogen and oxygen atoms in total. The van der Waals surface area contributed by atoms with Gasteiger partial charge in [0.25, 0.3) is 5.91 Å². The summed E-state index contributed by atoms with van der Waals surface area (Å²) < 4.78 is 50.5. The number of amides is 1. The first kappa shape index (κ1) is 20.9. The number of guanidine groups is 1. The van der Waals surface area contributed by atoms with E-state index in [1.165, 1.54) is 25.1 Å². The van der Waals surface area contributed by atoms with Crippen molar-refractivity contribution in [3.8, 4) is 0 Å². The molecule has 0 heterocycles. The minimum Gasteiger partial charge on any atom is -0.370 e. The number of aliphatic imine (C=N–C) groups is 1. The van der Waals surface area contributed by atoms with Crippen molar-refractivity contribution in [1.29, 1.82) is 0 Å². The van der Waals surface area contributed by atoms with Crippen molar-refractivity contribution in [3.63, 3.8) is 0 Å². The van der Waals surface area contributed by atoms with Gasteiger partial charge in [-0.1, -0.05) is 23.7 Å². The number of carbonyl (C=O) groups excluding carboxylic acids is 1. The van der Waals surface area contributed by atoms with Gasteiger partial charge in [-0.2, -0.15) is 4.99 Å². The van der Waals surface area contributed by atoms with Gasteiger partial charge in [-0.3, -0.25) is 4.79 Å². The van der Waals surface area contributed by atoms with Gasteiger partial charge >= 0.3 is 0 Å². The molecule has 0 aliphatic heterocycles. The Bertz CT molecular complexity index is 1170. The van der Waals surface area contributed by atoms with Gasteiger partial charge in [0.2, 0.25) is 9.84 Å². The fourth-order valence-corrected chi connectivity index (χ4v) is 5.81. The fraction of sp³-hybridized carbons (Fsp3) is 0.125. The van der Waals surface area contributed by atoms with Crippen LogP contribution in [-0.4, -0.2) is 35.0 Å². The first-order chi connectivity index (χ1) is 12.4. The lowest BCUT2D eigenvalue weighted by Gasteiger charge is -2.13. The predicted molar refractivity (Wildman–Crippen MR) is 101 cm³/mol. The number of rotatable bonds is 4. The standard InChI is InChI=1S/C16H16ClN3O5S2/c1-9-7-14(27(24,25)12-6-4-3-5-11(12)17)13(26(2,22)23)8-10(9)15(21)20-16(18)19/h3-8H,1-2H3,(H4,18,19,20,21). The lowest BCUT2D eigenvalue weighted by atomic mass is 10.1. The first-order valence-electron chi connectivity index (χ1n) is 7.34. The van der Waals surface area contributed by atoms with Crippen molar-refractivity contribution >= 4 is 43.1 Å². The lowest BCUT2D eigenvalue weighted by molar-refractivity contribution is 0.100. The summed E-state index contributed by atoms with van der Waals surface area (Å²) in [5.74, 6) is -1.40. The molecular weight excluding hydrogens is 414 g/mol. The minimum atomic E-state index is -4.28. The van der Waals surface area contributed by atoms with E-state index in [1.807, 2.05) is 0 Å². The third-order valence-corrected chi connectivity index (χ3v) is 7.13. The monoisotopic (exact) mass is 429 g/mol. The van der Waals surface area contributed by atoms with Crippen LogP contribution in [0, 0.1) is 6.92 Å². The molecule has 11 heteroatoms. The Morgan fingerprint density at radius 3 is 2.11 bits per heavy atom. The molecule has 2 aromatic carbocycles. The van der Waals surface area contributed by atoms with Gasteiger partial charge in [-0.15, -0.1) is 0 Å². The molecule has 4 N–H and O–H groups in total. The summed E-state index contributed by atoms with van der Waals surface area (Å²) in [5, 5.41) is -0.0599. The van der Waals surface area contributed by atoms with E-state index in [4.69, 9.17) is 23.1 Å². The Kier molecular flexibility index (Phi) is 5.64. The van der Waals surface area contributed by atoms with E-state index in [-0.39, 0.29) is 21.0 Å². The SMILES string of the molecule is Cc1cc(S(=O)(=O)c2ccccc2Cl)c(S(C)(=O)=O)cc1C(=O)N=C(N)N. The minimum absolute atomic E-state index is 0.0599. The Morgan fingerprint density at radius 1 is 1.00 bits per heavy atom. The summed E-state index contributed by atoms with van der Waals surface area (Å²) in [6, 6.07) is 7.67. The number of nitrogens with two attached hydrogens (primary N) is 2. The third kappa shape index (κ3) is 4.29.